The number of hydrogen-bond donors (Lipinski definition) is 0. The lowest BCUT2D eigenvalue weighted by Crippen LogP contribution is -1.96. The molecule has 2 heterocycles. The van der Waals surface area contributed by atoms with Crippen molar-refractivity contribution >= 4 is 96.4 Å². The Hall–Kier alpha value is -8.30. The van der Waals surface area contributed by atoms with Crippen molar-refractivity contribution < 1.29 is 0 Å². The van der Waals surface area contributed by atoms with E-state index in [2.05, 4.69) is 241 Å². The third-order valence-electron chi connectivity index (χ3n) is 14.0. The van der Waals surface area contributed by atoms with Crippen LogP contribution in [0.15, 0.2) is 237 Å². The predicted octanol–water partition coefficient (Wildman–Crippen LogP) is 18.4. The van der Waals surface area contributed by atoms with Crippen molar-refractivity contribution in [3.05, 3.63) is 237 Å². The second-order valence-corrected chi connectivity index (χ2v) is 18.5. The number of nitrogens with zero attached hydrogens (tertiary/aromatic N) is 1. The average Bonchev–Trinajstić information content (AvgIpc) is 3.93. The molecule has 0 amide bonds. The predicted molar refractivity (Wildman–Crippen MR) is 285 cm³/mol. The third kappa shape index (κ3) is 5.46. The molecule has 2 aromatic heterocycles. The maximum absolute atomic E-state index is 2.46. The molecule has 0 saturated carbocycles. The molecule has 1 nitrogen and oxygen atoms in total. The van der Waals surface area contributed by atoms with E-state index in [9.17, 15) is 0 Å². The molecule has 0 aliphatic heterocycles. The van der Waals surface area contributed by atoms with Gasteiger partial charge in [-0.3, -0.25) is 0 Å². The SMILES string of the molecule is c1ccc(-c2c3ccccc3c(-c3ccc4sc5cc(-c6c7ccccc7c(-c7cccc8c9ccccc9n(-c9ccccc9)c78)c7ccccc67)ccc5c4c3)c3ccccc23)cc1. The first-order valence-electron chi connectivity index (χ1n) is 22.8. The maximum Gasteiger partial charge on any atom is 0.0619 e. The molecule has 0 spiro atoms. The minimum absolute atomic E-state index is 1.16. The molecular formula is C64H39NS. The molecule has 14 aromatic rings. The number of aromatic nitrogens is 1. The molecule has 0 N–H and O–H groups in total. The Morgan fingerprint density at radius 3 is 1.30 bits per heavy atom. The van der Waals surface area contributed by atoms with Crippen LogP contribution in [0.1, 0.15) is 0 Å². The minimum atomic E-state index is 1.16. The Bertz CT molecular complexity index is 4160. The number of hydrogen-bond acceptors (Lipinski definition) is 1. The van der Waals surface area contributed by atoms with Crippen LogP contribution in [0.4, 0.5) is 0 Å². The van der Waals surface area contributed by atoms with Crippen molar-refractivity contribution in [2.45, 2.75) is 0 Å². The zero-order valence-corrected chi connectivity index (χ0v) is 36.7. The first kappa shape index (κ1) is 37.1. The fourth-order valence-electron chi connectivity index (χ4n) is 11.2. The lowest BCUT2D eigenvalue weighted by molar-refractivity contribution is 1.18. The lowest BCUT2D eigenvalue weighted by Gasteiger charge is -2.19. The summed E-state index contributed by atoms with van der Waals surface area (Å²) in [6.45, 7) is 0. The Kier molecular flexibility index (Phi) is 8.22. The maximum atomic E-state index is 2.46. The smallest absolute Gasteiger partial charge is 0.0619 e. The quantitative estimate of drug-likeness (QED) is 0.152. The third-order valence-corrected chi connectivity index (χ3v) is 15.1. The first-order chi connectivity index (χ1) is 32.8. The van der Waals surface area contributed by atoms with Gasteiger partial charge in [-0.1, -0.05) is 200 Å². The zero-order chi connectivity index (χ0) is 43.3. The highest BCUT2D eigenvalue weighted by Crippen LogP contribution is 2.49. The van der Waals surface area contributed by atoms with Gasteiger partial charge in [0.25, 0.3) is 0 Å². The van der Waals surface area contributed by atoms with Gasteiger partial charge < -0.3 is 4.57 Å². The average molecular weight is 854 g/mol. The van der Waals surface area contributed by atoms with E-state index in [1.165, 1.54) is 130 Å². The molecule has 0 fully saturated rings. The number of fused-ring (bicyclic) bond motifs is 10. The van der Waals surface area contributed by atoms with Crippen LogP contribution in [0.25, 0.3) is 135 Å². The van der Waals surface area contributed by atoms with E-state index in [4.69, 9.17) is 0 Å². The van der Waals surface area contributed by atoms with Crippen LogP contribution in [0.5, 0.6) is 0 Å². The Morgan fingerprint density at radius 2 is 0.712 bits per heavy atom. The summed E-state index contributed by atoms with van der Waals surface area (Å²) in [5.74, 6) is 0. The molecule has 66 heavy (non-hydrogen) atoms. The summed E-state index contributed by atoms with van der Waals surface area (Å²) in [4.78, 5) is 0. The second-order valence-electron chi connectivity index (χ2n) is 17.5. The number of rotatable bonds is 5. The van der Waals surface area contributed by atoms with Gasteiger partial charge in [-0.15, -0.1) is 11.3 Å². The van der Waals surface area contributed by atoms with Crippen molar-refractivity contribution in [3.63, 3.8) is 0 Å². The summed E-state index contributed by atoms with van der Waals surface area (Å²) in [5.41, 5.74) is 13.7. The van der Waals surface area contributed by atoms with Crippen LogP contribution in [-0.2, 0) is 0 Å². The van der Waals surface area contributed by atoms with Crippen LogP contribution in [-0.4, -0.2) is 4.57 Å². The Morgan fingerprint density at radius 1 is 0.258 bits per heavy atom. The second kappa shape index (κ2) is 14.6. The molecule has 0 unspecified atom stereocenters. The summed E-state index contributed by atoms with van der Waals surface area (Å²) >= 11 is 1.89. The van der Waals surface area contributed by atoms with E-state index in [-0.39, 0.29) is 0 Å². The first-order valence-corrected chi connectivity index (χ1v) is 23.6. The highest BCUT2D eigenvalue weighted by molar-refractivity contribution is 7.25. The van der Waals surface area contributed by atoms with Gasteiger partial charge in [-0.25, -0.2) is 0 Å². The molecule has 0 saturated heterocycles. The molecule has 14 rings (SSSR count). The van der Waals surface area contributed by atoms with Gasteiger partial charge in [0.15, 0.2) is 0 Å². The Balaban J connectivity index is 0.975. The summed E-state index contributed by atoms with van der Waals surface area (Å²) in [6, 6.07) is 87.7. The van der Waals surface area contributed by atoms with Crippen molar-refractivity contribution in [1.82, 2.24) is 4.57 Å². The monoisotopic (exact) mass is 853 g/mol. The lowest BCUT2D eigenvalue weighted by atomic mass is 9.85. The van der Waals surface area contributed by atoms with Gasteiger partial charge in [0, 0.05) is 42.2 Å². The number of para-hydroxylation sites is 3. The summed E-state index contributed by atoms with van der Waals surface area (Å²) in [5, 5.41) is 15.2. The van der Waals surface area contributed by atoms with Gasteiger partial charge in [-0.05, 0) is 118 Å². The van der Waals surface area contributed by atoms with E-state index in [0.717, 1.165) is 5.69 Å². The van der Waals surface area contributed by atoms with E-state index in [1.54, 1.807) is 0 Å². The van der Waals surface area contributed by atoms with Gasteiger partial charge >= 0.3 is 0 Å². The molecule has 0 bridgehead atoms. The molecule has 0 atom stereocenters. The molecule has 0 radical (unpaired) electrons. The van der Waals surface area contributed by atoms with E-state index in [1.807, 2.05) is 11.3 Å². The number of benzene rings is 12. The van der Waals surface area contributed by atoms with Gasteiger partial charge in [0.2, 0.25) is 0 Å². The Labute approximate surface area is 385 Å². The van der Waals surface area contributed by atoms with Crippen LogP contribution >= 0.6 is 11.3 Å². The van der Waals surface area contributed by atoms with Crippen molar-refractivity contribution in [3.8, 4) is 50.2 Å². The fraction of sp³-hybridized carbons (Fsp3) is 0. The minimum Gasteiger partial charge on any atom is -0.309 e. The largest absolute Gasteiger partial charge is 0.309 e. The van der Waals surface area contributed by atoms with Gasteiger partial charge in [0.05, 0.1) is 11.0 Å². The molecule has 12 aromatic carbocycles. The number of thiophene rings is 1. The van der Waals surface area contributed by atoms with E-state index >= 15 is 0 Å². The summed E-state index contributed by atoms with van der Waals surface area (Å²) in [6.07, 6.45) is 0. The van der Waals surface area contributed by atoms with Gasteiger partial charge in [-0.2, -0.15) is 0 Å². The molecule has 0 aliphatic carbocycles. The summed E-state index contributed by atoms with van der Waals surface area (Å²) < 4.78 is 5.05. The van der Waals surface area contributed by atoms with Crippen molar-refractivity contribution in [2.24, 2.45) is 0 Å². The standard InChI is InChI=1S/C64H39NS/c1-3-18-40(19-4-1)60-46-23-7-9-25-48(46)61(49-26-10-8-24-47(49)60)41-35-37-58-56(38-41)45-36-34-42(39-59(45)66-58)62-50-27-11-13-29-52(50)63(53-30-14-12-28-51(53)62)55-32-17-31-54-44-22-15-16-33-57(44)65(64(54)55)43-20-5-2-6-21-43/h1-39H. The van der Waals surface area contributed by atoms with Gasteiger partial charge in [0.1, 0.15) is 0 Å². The van der Waals surface area contributed by atoms with Crippen LogP contribution < -0.4 is 0 Å². The van der Waals surface area contributed by atoms with Crippen molar-refractivity contribution in [2.75, 3.05) is 0 Å². The van der Waals surface area contributed by atoms with Crippen LogP contribution in [0, 0.1) is 0 Å². The zero-order valence-electron chi connectivity index (χ0n) is 35.9. The molecule has 306 valence electrons. The van der Waals surface area contributed by atoms with Crippen LogP contribution in [0.3, 0.4) is 0 Å². The molecule has 0 aliphatic rings. The molecular weight excluding hydrogens is 815 g/mol. The fourth-order valence-corrected chi connectivity index (χ4v) is 12.4. The highest BCUT2D eigenvalue weighted by atomic mass is 32.1. The topological polar surface area (TPSA) is 4.93 Å². The molecule has 2 heteroatoms. The van der Waals surface area contributed by atoms with Crippen LogP contribution in [0.2, 0.25) is 0 Å². The van der Waals surface area contributed by atoms with E-state index in [0.29, 0.717) is 0 Å². The van der Waals surface area contributed by atoms with Crippen molar-refractivity contribution in [1.29, 1.82) is 0 Å². The highest BCUT2D eigenvalue weighted by Gasteiger charge is 2.23. The summed E-state index contributed by atoms with van der Waals surface area (Å²) in [7, 11) is 0. The van der Waals surface area contributed by atoms with E-state index < -0.39 is 0 Å². The normalized spacial score (nSPS) is 11.9.